The number of benzene rings is 1. The number of halogens is 2. The molecule has 1 saturated heterocycles. The zero-order valence-electron chi connectivity index (χ0n) is 12.2. The van der Waals surface area contributed by atoms with Gasteiger partial charge in [0.15, 0.2) is 0 Å². The molecule has 1 aliphatic rings. The van der Waals surface area contributed by atoms with Gasteiger partial charge in [-0.1, -0.05) is 35.3 Å². The lowest BCUT2D eigenvalue weighted by Crippen LogP contribution is -2.50. The summed E-state index contributed by atoms with van der Waals surface area (Å²) >= 11 is 13.5. The van der Waals surface area contributed by atoms with Gasteiger partial charge >= 0.3 is 0 Å². The van der Waals surface area contributed by atoms with Crippen molar-refractivity contribution in [2.45, 2.75) is 0 Å². The first-order valence-corrected chi connectivity index (χ1v) is 8.77. The molecule has 120 valence electrons. The van der Waals surface area contributed by atoms with E-state index in [1.807, 2.05) is 17.5 Å². The van der Waals surface area contributed by atoms with Crippen molar-refractivity contribution in [2.24, 2.45) is 0 Å². The number of nitrogens with zero attached hydrogens (tertiary/aromatic N) is 2. The molecular formula is C16H14Cl2N2O2S. The van der Waals surface area contributed by atoms with Crippen molar-refractivity contribution < 1.29 is 9.59 Å². The van der Waals surface area contributed by atoms with Crippen LogP contribution < -0.4 is 0 Å². The van der Waals surface area contributed by atoms with Crippen molar-refractivity contribution in [1.29, 1.82) is 0 Å². The van der Waals surface area contributed by atoms with Gasteiger partial charge in [-0.05, 0) is 23.6 Å². The summed E-state index contributed by atoms with van der Waals surface area (Å²) in [6, 6.07) is 8.70. The summed E-state index contributed by atoms with van der Waals surface area (Å²) in [4.78, 5) is 29.1. The predicted molar refractivity (Wildman–Crippen MR) is 92.6 cm³/mol. The smallest absolute Gasteiger partial charge is 0.264 e. The third-order valence-electron chi connectivity index (χ3n) is 3.77. The molecule has 0 aliphatic carbocycles. The van der Waals surface area contributed by atoms with Crippen LogP contribution in [0, 0.1) is 0 Å². The lowest BCUT2D eigenvalue weighted by Gasteiger charge is -2.34. The van der Waals surface area contributed by atoms with Gasteiger partial charge in [0.25, 0.3) is 11.8 Å². The molecule has 0 unspecified atom stereocenters. The van der Waals surface area contributed by atoms with Crippen LogP contribution >= 0.6 is 34.5 Å². The topological polar surface area (TPSA) is 40.6 Å². The van der Waals surface area contributed by atoms with E-state index in [0.717, 1.165) is 4.88 Å². The molecule has 0 saturated carbocycles. The first-order chi connectivity index (χ1) is 11.1. The van der Waals surface area contributed by atoms with Crippen LogP contribution in [-0.4, -0.2) is 47.8 Å². The number of hydrogen-bond donors (Lipinski definition) is 0. The molecule has 23 heavy (non-hydrogen) atoms. The summed E-state index contributed by atoms with van der Waals surface area (Å²) < 4.78 is 0. The van der Waals surface area contributed by atoms with Crippen LogP contribution in [0.25, 0.3) is 0 Å². The summed E-state index contributed by atoms with van der Waals surface area (Å²) in [5.74, 6) is -0.131. The highest BCUT2D eigenvalue weighted by molar-refractivity contribution is 7.12. The Balaban J connectivity index is 1.66. The molecule has 3 rings (SSSR count). The summed E-state index contributed by atoms with van der Waals surface area (Å²) in [6.45, 7) is 2.00. The largest absolute Gasteiger partial charge is 0.335 e. The van der Waals surface area contributed by atoms with Crippen molar-refractivity contribution >= 4 is 46.4 Å². The van der Waals surface area contributed by atoms with Gasteiger partial charge in [-0.25, -0.2) is 0 Å². The maximum Gasteiger partial charge on any atom is 0.264 e. The minimum atomic E-state index is -0.152. The second-order valence-corrected chi connectivity index (χ2v) is 6.90. The van der Waals surface area contributed by atoms with Crippen LogP contribution in [0.2, 0.25) is 10.0 Å². The molecule has 1 aliphatic heterocycles. The molecule has 7 heteroatoms. The third kappa shape index (κ3) is 3.37. The van der Waals surface area contributed by atoms with E-state index in [1.165, 1.54) is 11.3 Å². The predicted octanol–water partition coefficient (Wildman–Crippen LogP) is 3.65. The number of piperazine rings is 1. The average molecular weight is 369 g/mol. The van der Waals surface area contributed by atoms with E-state index in [0.29, 0.717) is 36.8 Å². The Labute approximate surface area is 148 Å². The van der Waals surface area contributed by atoms with Gasteiger partial charge in [-0.3, -0.25) is 9.59 Å². The maximum atomic E-state index is 12.6. The van der Waals surface area contributed by atoms with Crippen molar-refractivity contribution in [3.8, 4) is 0 Å². The molecule has 0 radical (unpaired) electrons. The molecule has 0 bridgehead atoms. The number of carbonyl (C=O) groups excluding carboxylic acids is 2. The van der Waals surface area contributed by atoms with Gasteiger partial charge in [0, 0.05) is 26.2 Å². The Morgan fingerprint density at radius 2 is 1.57 bits per heavy atom. The lowest BCUT2D eigenvalue weighted by molar-refractivity contribution is 0.0538. The lowest BCUT2D eigenvalue weighted by atomic mass is 10.1. The number of carbonyl (C=O) groups is 2. The summed E-state index contributed by atoms with van der Waals surface area (Å²) in [6.07, 6.45) is 0. The quantitative estimate of drug-likeness (QED) is 0.811. The zero-order chi connectivity index (χ0) is 16.4. The second kappa shape index (κ2) is 6.91. The third-order valence-corrected chi connectivity index (χ3v) is 5.44. The summed E-state index contributed by atoms with van der Waals surface area (Å²) in [5, 5.41) is 2.52. The van der Waals surface area contributed by atoms with Crippen LogP contribution in [0.15, 0.2) is 35.7 Å². The minimum Gasteiger partial charge on any atom is -0.335 e. The fourth-order valence-electron chi connectivity index (χ4n) is 2.51. The molecule has 1 fully saturated rings. The van der Waals surface area contributed by atoms with E-state index < -0.39 is 0 Å². The van der Waals surface area contributed by atoms with Gasteiger partial charge < -0.3 is 9.80 Å². The molecule has 2 aromatic rings. The fourth-order valence-corrected chi connectivity index (χ4v) is 3.58. The highest BCUT2D eigenvalue weighted by atomic mass is 35.5. The van der Waals surface area contributed by atoms with Crippen molar-refractivity contribution in [1.82, 2.24) is 9.80 Å². The van der Waals surface area contributed by atoms with Gasteiger partial charge in [-0.2, -0.15) is 0 Å². The van der Waals surface area contributed by atoms with E-state index in [2.05, 4.69) is 0 Å². The molecule has 2 amide bonds. The highest BCUT2D eigenvalue weighted by Gasteiger charge is 2.27. The average Bonchev–Trinajstić information content (AvgIpc) is 3.11. The summed E-state index contributed by atoms with van der Waals surface area (Å²) in [5.41, 5.74) is 0.400. The molecular weight excluding hydrogens is 355 g/mol. The molecule has 0 atom stereocenters. The van der Waals surface area contributed by atoms with Gasteiger partial charge in [-0.15, -0.1) is 11.3 Å². The fraction of sp³-hybridized carbons (Fsp3) is 0.250. The Hall–Kier alpha value is -1.56. The van der Waals surface area contributed by atoms with E-state index in [1.54, 1.807) is 28.0 Å². The molecule has 1 aromatic heterocycles. The Kier molecular flexibility index (Phi) is 4.90. The van der Waals surface area contributed by atoms with E-state index in [-0.39, 0.29) is 16.8 Å². The van der Waals surface area contributed by atoms with E-state index in [9.17, 15) is 9.59 Å². The first-order valence-electron chi connectivity index (χ1n) is 7.14. The SMILES string of the molecule is O=C(c1cccs1)N1CCN(C(=O)c2cccc(Cl)c2Cl)CC1. The van der Waals surface area contributed by atoms with E-state index in [4.69, 9.17) is 23.2 Å². The van der Waals surface area contributed by atoms with Crippen molar-refractivity contribution in [3.05, 3.63) is 56.2 Å². The van der Waals surface area contributed by atoms with Crippen LogP contribution in [0.3, 0.4) is 0 Å². The van der Waals surface area contributed by atoms with Crippen LogP contribution in [0.4, 0.5) is 0 Å². The van der Waals surface area contributed by atoms with Gasteiger partial charge in [0.2, 0.25) is 0 Å². The monoisotopic (exact) mass is 368 g/mol. The van der Waals surface area contributed by atoms with Crippen LogP contribution in [0.5, 0.6) is 0 Å². The van der Waals surface area contributed by atoms with E-state index >= 15 is 0 Å². The Bertz CT molecular complexity index is 726. The first kappa shape index (κ1) is 16.3. The molecule has 4 nitrogen and oxygen atoms in total. The summed E-state index contributed by atoms with van der Waals surface area (Å²) in [7, 11) is 0. The number of rotatable bonds is 2. The molecule has 1 aromatic carbocycles. The van der Waals surface area contributed by atoms with Crippen LogP contribution in [0.1, 0.15) is 20.0 Å². The molecule has 0 N–H and O–H groups in total. The highest BCUT2D eigenvalue weighted by Crippen LogP contribution is 2.27. The Morgan fingerprint density at radius 1 is 0.913 bits per heavy atom. The molecule has 2 heterocycles. The van der Waals surface area contributed by atoms with Gasteiger partial charge in [0.1, 0.15) is 0 Å². The van der Waals surface area contributed by atoms with Crippen LogP contribution in [-0.2, 0) is 0 Å². The maximum absolute atomic E-state index is 12.6. The zero-order valence-corrected chi connectivity index (χ0v) is 14.5. The minimum absolute atomic E-state index is 0.0212. The molecule has 0 spiro atoms. The van der Waals surface area contributed by atoms with Crippen molar-refractivity contribution in [2.75, 3.05) is 26.2 Å². The normalized spacial score (nSPS) is 14.9. The number of thiophene rings is 1. The van der Waals surface area contributed by atoms with Gasteiger partial charge in [0.05, 0.1) is 20.5 Å². The Morgan fingerprint density at radius 3 is 2.17 bits per heavy atom. The van der Waals surface area contributed by atoms with Crippen molar-refractivity contribution in [3.63, 3.8) is 0 Å². The standard InChI is InChI=1S/C16H14Cl2N2O2S/c17-12-4-1-3-11(14(12)18)15(21)19-6-8-20(9-7-19)16(22)13-5-2-10-23-13/h1-5,10H,6-9H2. The second-order valence-electron chi connectivity index (χ2n) is 5.16. The number of amides is 2. The number of hydrogen-bond acceptors (Lipinski definition) is 3.